The number of H-pyrrole nitrogens is 1. The van der Waals surface area contributed by atoms with Gasteiger partial charge in [-0.3, -0.25) is 5.10 Å². The number of hydrogen-bond donors (Lipinski definition) is 3. The van der Waals surface area contributed by atoms with Crippen LogP contribution in [0.3, 0.4) is 0 Å². The second-order valence-corrected chi connectivity index (χ2v) is 5.19. The molecule has 1 atom stereocenters. The highest BCUT2D eigenvalue weighted by atomic mass is 19.1. The van der Waals surface area contributed by atoms with Crippen LogP contribution in [0.1, 0.15) is 25.3 Å². The maximum absolute atomic E-state index is 13.0. The van der Waals surface area contributed by atoms with Gasteiger partial charge in [0.15, 0.2) is 0 Å². The average Bonchev–Trinajstić information content (AvgIpc) is 2.95. The van der Waals surface area contributed by atoms with Gasteiger partial charge in [-0.15, -0.1) is 0 Å². The number of benzene rings is 1. The van der Waals surface area contributed by atoms with E-state index in [2.05, 4.69) is 22.4 Å². The number of aromatic amines is 1. The Hall–Kier alpha value is -1.72. The molecule has 0 bridgehead atoms. The SMILES string of the molecule is CCC(CCO)CNCc1cn[nH]c1-c1ccc(F)cc1. The van der Waals surface area contributed by atoms with E-state index in [1.807, 2.05) is 0 Å². The number of aliphatic hydroxyl groups excluding tert-OH is 1. The van der Waals surface area contributed by atoms with E-state index in [-0.39, 0.29) is 12.4 Å². The quantitative estimate of drug-likeness (QED) is 0.701. The van der Waals surface area contributed by atoms with Gasteiger partial charge in [0.1, 0.15) is 5.82 Å². The number of halogens is 1. The second-order valence-electron chi connectivity index (χ2n) is 5.19. The number of hydrogen-bond acceptors (Lipinski definition) is 3. The van der Waals surface area contributed by atoms with Crippen LogP contribution < -0.4 is 5.32 Å². The van der Waals surface area contributed by atoms with Crippen LogP contribution in [0.4, 0.5) is 4.39 Å². The van der Waals surface area contributed by atoms with Crippen molar-refractivity contribution in [3.63, 3.8) is 0 Å². The lowest BCUT2D eigenvalue weighted by molar-refractivity contribution is 0.251. The minimum atomic E-state index is -0.243. The molecule has 1 heterocycles. The van der Waals surface area contributed by atoms with E-state index in [9.17, 15) is 4.39 Å². The smallest absolute Gasteiger partial charge is 0.123 e. The van der Waals surface area contributed by atoms with Crippen molar-refractivity contribution in [2.24, 2.45) is 5.92 Å². The summed E-state index contributed by atoms with van der Waals surface area (Å²) in [6, 6.07) is 6.38. The van der Waals surface area contributed by atoms with E-state index < -0.39 is 0 Å². The Morgan fingerprint density at radius 3 is 2.76 bits per heavy atom. The monoisotopic (exact) mass is 291 g/mol. The van der Waals surface area contributed by atoms with Crippen LogP contribution in [0.2, 0.25) is 0 Å². The lowest BCUT2D eigenvalue weighted by Crippen LogP contribution is -2.23. The fourth-order valence-corrected chi connectivity index (χ4v) is 2.36. The molecule has 1 aromatic carbocycles. The predicted molar refractivity (Wildman–Crippen MR) is 81.2 cm³/mol. The van der Waals surface area contributed by atoms with E-state index in [0.29, 0.717) is 12.5 Å². The zero-order valence-corrected chi connectivity index (χ0v) is 12.3. The van der Waals surface area contributed by atoms with Crippen molar-refractivity contribution in [1.29, 1.82) is 0 Å². The molecule has 0 spiro atoms. The number of nitrogens with zero attached hydrogens (tertiary/aromatic N) is 1. The third-order valence-corrected chi connectivity index (χ3v) is 3.71. The summed E-state index contributed by atoms with van der Waals surface area (Å²) in [4.78, 5) is 0. The highest BCUT2D eigenvalue weighted by molar-refractivity contribution is 5.62. The van der Waals surface area contributed by atoms with Crippen molar-refractivity contribution >= 4 is 0 Å². The van der Waals surface area contributed by atoms with E-state index in [4.69, 9.17) is 5.11 Å². The third kappa shape index (κ3) is 4.37. The molecule has 21 heavy (non-hydrogen) atoms. The Morgan fingerprint density at radius 1 is 1.33 bits per heavy atom. The van der Waals surface area contributed by atoms with Crippen LogP contribution in [0.5, 0.6) is 0 Å². The molecule has 3 N–H and O–H groups in total. The number of aromatic nitrogens is 2. The van der Waals surface area contributed by atoms with Gasteiger partial charge in [0.2, 0.25) is 0 Å². The molecule has 2 rings (SSSR count). The van der Waals surface area contributed by atoms with Gasteiger partial charge in [-0.25, -0.2) is 4.39 Å². The maximum atomic E-state index is 13.0. The van der Waals surface area contributed by atoms with Gasteiger partial charge < -0.3 is 10.4 Å². The first-order valence-corrected chi connectivity index (χ1v) is 7.34. The Balaban J connectivity index is 1.96. The second kappa shape index (κ2) is 7.90. The molecule has 0 aliphatic carbocycles. The molecule has 0 fully saturated rings. The fourth-order valence-electron chi connectivity index (χ4n) is 2.36. The molecule has 0 aliphatic heterocycles. The Kier molecular flexibility index (Phi) is 5.90. The van der Waals surface area contributed by atoms with Crippen LogP contribution in [0, 0.1) is 11.7 Å². The van der Waals surface area contributed by atoms with Gasteiger partial charge >= 0.3 is 0 Å². The van der Waals surface area contributed by atoms with Gasteiger partial charge in [0, 0.05) is 24.3 Å². The molecule has 0 aliphatic rings. The zero-order chi connectivity index (χ0) is 15.1. The molecule has 5 heteroatoms. The first-order valence-electron chi connectivity index (χ1n) is 7.34. The van der Waals surface area contributed by atoms with Crippen LogP contribution in [-0.2, 0) is 6.54 Å². The zero-order valence-electron chi connectivity index (χ0n) is 12.3. The lowest BCUT2D eigenvalue weighted by atomic mass is 10.0. The molecule has 2 aromatic rings. The van der Waals surface area contributed by atoms with Crippen LogP contribution >= 0.6 is 0 Å². The highest BCUT2D eigenvalue weighted by Gasteiger charge is 2.09. The van der Waals surface area contributed by atoms with Crippen LogP contribution in [0.25, 0.3) is 11.3 Å². The van der Waals surface area contributed by atoms with E-state index in [0.717, 1.165) is 36.2 Å². The summed E-state index contributed by atoms with van der Waals surface area (Å²) in [5.41, 5.74) is 2.89. The van der Waals surface area contributed by atoms with Gasteiger partial charge in [0.25, 0.3) is 0 Å². The summed E-state index contributed by atoms with van der Waals surface area (Å²) >= 11 is 0. The number of aliphatic hydroxyl groups is 1. The standard InChI is InChI=1S/C16H22FN3O/c1-2-12(7-8-21)9-18-10-14-11-19-20-16(14)13-3-5-15(17)6-4-13/h3-6,11-12,18,21H,2,7-10H2,1H3,(H,19,20). The van der Waals surface area contributed by atoms with Gasteiger partial charge in [0.05, 0.1) is 11.9 Å². The van der Waals surface area contributed by atoms with Crippen molar-refractivity contribution in [1.82, 2.24) is 15.5 Å². The molecule has 0 saturated heterocycles. The first-order chi connectivity index (χ1) is 10.2. The summed E-state index contributed by atoms with van der Waals surface area (Å²) in [6.45, 7) is 3.92. The van der Waals surface area contributed by atoms with Crippen LogP contribution in [-0.4, -0.2) is 28.5 Å². The summed E-state index contributed by atoms with van der Waals surface area (Å²) in [7, 11) is 0. The summed E-state index contributed by atoms with van der Waals surface area (Å²) in [5.74, 6) is 0.240. The van der Waals surface area contributed by atoms with Crippen LogP contribution in [0.15, 0.2) is 30.5 Å². The lowest BCUT2D eigenvalue weighted by Gasteiger charge is -2.14. The van der Waals surface area contributed by atoms with Crippen molar-refractivity contribution < 1.29 is 9.50 Å². The van der Waals surface area contributed by atoms with Crippen molar-refractivity contribution in [2.45, 2.75) is 26.3 Å². The fraction of sp³-hybridized carbons (Fsp3) is 0.438. The molecule has 4 nitrogen and oxygen atoms in total. The summed E-state index contributed by atoms with van der Waals surface area (Å²) in [5, 5.41) is 19.4. The normalized spacial score (nSPS) is 12.5. The molecule has 1 unspecified atom stereocenters. The summed E-state index contributed by atoms with van der Waals surface area (Å²) in [6.07, 6.45) is 3.65. The average molecular weight is 291 g/mol. The minimum absolute atomic E-state index is 0.229. The molecular weight excluding hydrogens is 269 g/mol. The minimum Gasteiger partial charge on any atom is -0.396 e. The largest absolute Gasteiger partial charge is 0.396 e. The summed E-state index contributed by atoms with van der Waals surface area (Å²) < 4.78 is 13.0. The van der Waals surface area contributed by atoms with Gasteiger partial charge in [-0.2, -0.15) is 5.10 Å². The molecule has 0 amide bonds. The Labute approximate surface area is 124 Å². The molecule has 114 valence electrons. The van der Waals surface area contributed by atoms with E-state index >= 15 is 0 Å². The van der Waals surface area contributed by atoms with Gasteiger partial charge in [-0.1, -0.05) is 13.3 Å². The molecule has 0 saturated carbocycles. The van der Waals surface area contributed by atoms with Crippen molar-refractivity contribution in [2.75, 3.05) is 13.2 Å². The molecule has 1 aromatic heterocycles. The third-order valence-electron chi connectivity index (χ3n) is 3.71. The van der Waals surface area contributed by atoms with Crippen molar-refractivity contribution in [3.8, 4) is 11.3 Å². The molecule has 0 radical (unpaired) electrons. The highest BCUT2D eigenvalue weighted by Crippen LogP contribution is 2.21. The number of nitrogens with one attached hydrogen (secondary N) is 2. The predicted octanol–water partition coefficient (Wildman–Crippen LogP) is 2.71. The maximum Gasteiger partial charge on any atom is 0.123 e. The Bertz CT molecular complexity index is 539. The topological polar surface area (TPSA) is 60.9 Å². The van der Waals surface area contributed by atoms with Gasteiger partial charge in [-0.05, 0) is 43.1 Å². The first kappa shape index (κ1) is 15.7. The Morgan fingerprint density at radius 2 is 2.10 bits per heavy atom. The molecular formula is C16H22FN3O. The number of rotatable bonds is 8. The van der Waals surface area contributed by atoms with E-state index in [1.54, 1.807) is 18.3 Å². The van der Waals surface area contributed by atoms with E-state index in [1.165, 1.54) is 12.1 Å². The van der Waals surface area contributed by atoms with Crippen molar-refractivity contribution in [3.05, 3.63) is 41.8 Å².